The van der Waals surface area contributed by atoms with E-state index < -0.39 is 0 Å². The maximum absolute atomic E-state index is 9.37. The number of aromatic nitrogens is 3. The van der Waals surface area contributed by atoms with Crippen molar-refractivity contribution in [2.24, 2.45) is 0 Å². The van der Waals surface area contributed by atoms with Crippen LogP contribution in [-0.4, -0.2) is 28.1 Å². The standard InChI is InChI=1S/C16H18BrN5/c1-21(13-5-3-2-4-6-13)16-15(11-18)19-22(20-16)14-9-7-12(17)8-10-14/h7-10,13H,2-6H2,1H3. The zero-order chi connectivity index (χ0) is 15.5. The number of nitriles is 1. The predicted octanol–water partition coefficient (Wildman–Crippen LogP) is 3.67. The second-order valence-electron chi connectivity index (χ2n) is 5.65. The Balaban J connectivity index is 1.91. The molecule has 1 aromatic carbocycles. The van der Waals surface area contributed by atoms with Crippen LogP contribution >= 0.6 is 15.9 Å². The first kappa shape index (κ1) is 15.0. The topological polar surface area (TPSA) is 57.7 Å². The Kier molecular flexibility index (Phi) is 4.44. The van der Waals surface area contributed by atoms with Crippen molar-refractivity contribution in [2.45, 2.75) is 38.1 Å². The minimum absolute atomic E-state index is 0.385. The molecule has 22 heavy (non-hydrogen) atoms. The van der Waals surface area contributed by atoms with E-state index in [1.807, 2.05) is 31.3 Å². The Labute approximate surface area is 138 Å². The van der Waals surface area contributed by atoms with Crippen molar-refractivity contribution in [1.82, 2.24) is 15.0 Å². The molecule has 2 aromatic rings. The summed E-state index contributed by atoms with van der Waals surface area (Å²) in [5.74, 6) is 0.678. The molecule has 1 aromatic heterocycles. The van der Waals surface area contributed by atoms with Crippen LogP contribution in [0, 0.1) is 11.3 Å². The predicted molar refractivity (Wildman–Crippen MR) is 89.1 cm³/mol. The highest BCUT2D eigenvalue weighted by molar-refractivity contribution is 9.10. The molecule has 0 amide bonds. The second kappa shape index (κ2) is 6.49. The molecule has 1 heterocycles. The largest absolute Gasteiger partial charge is 0.353 e. The molecule has 1 fully saturated rings. The molecule has 6 heteroatoms. The van der Waals surface area contributed by atoms with Gasteiger partial charge in [0, 0.05) is 17.6 Å². The fourth-order valence-corrected chi connectivity index (χ4v) is 3.20. The maximum atomic E-state index is 9.37. The van der Waals surface area contributed by atoms with Crippen LogP contribution in [0.3, 0.4) is 0 Å². The molecule has 0 spiro atoms. The van der Waals surface area contributed by atoms with Gasteiger partial charge in [-0.1, -0.05) is 35.2 Å². The molecule has 1 aliphatic carbocycles. The Hall–Kier alpha value is -1.87. The third-order valence-electron chi connectivity index (χ3n) is 4.22. The highest BCUT2D eigenvalue weighted by Gasteiger charge is 2.24. The summed E-state index contributed by atoms with van der Waals surface area (Å²) in [4.78, 5) is 3.67. The quantitative estimate of drug-likeness (QED) is 0.838. The molecule has 3 rings (SSSR count). The van der Waals surface area contributed by atoms with Gasteiger partial charge in [-0.3, -0.25) is 0 Å². The van der Waals surface area contributed by atoms with Gasteiger partial charge in [-0.2, -0.15) is 5.26 Å². The summed E-state index contributed by atoms with van der Waals surface area (Å²) in [6, 6.07) is 10.4. The number of rotatable bonds is 3. The third kappa shape index (κ3) is 3.00. The van der Waals surface area contributed by atoms with Crippen LogP contribution < -0.4 is 4.90 Å². The molecule has 0 unspecified atom stereocenters. The lowest BCUT2D eigenvalue weighted by molar-refractivity contribution is 0.425. The van der Waals surface area contributed by atoms with Crippen LogP contribution in [0.15, 0.2) is 28.7 Å². The molecule has 0 radical (unpaired) electrons. The van der Waals surface area contributed by atoms with E-state index in [9.17, 15) is 5.26 Å². The fourth-order valence-electron chi connectivity index (χ4n) is 2.94. The lowest BCUT2D eigenvalue weighted by Gasteiger charge is -2.31. The van der Waals surface area contributed by atoms with Crippen molar-refractivity contribution in [2.75, 3.05) is 11.9 Å². The number of anilines is 1. The number of nitrogens with zero attached hydrogens (tertiary/aromatic N) is 5. The third-order valence-corrected chi connectivity index (χ3v) is 4.74. The summed E-state index contributed by atoms with van der Waals surface area (Å²) < 4.78 is 1.00. The van der Waals surface area contributed by atoms with Crippen LogP contribution in [0.5, 0.6) is 0 Å². The Morgan fingerprint density at radius 3 is 2.50 bits per heavy atom. The van der Waals surface area contributed by atoms with E-state index in [2.05, 4.69) is 37.1 Å². The van der Waals surface area contributed by atoms with E-state index in [1.54, 1.807) is 4.80 Å². The molecule has 0 N–H and O–H groups in total. The number of halogens is 1. The SMILES string of the molecule is CN(c1nn(-c2ccc(Br)cc2)nc1C#N)C1CCCCC1. The summed E-state index contributed by atoms with van der Waals surface area (Å²) in [5, 5.41) is 18.3. The number of benzene rings is 1. The van der Waals surface area contributed by atoms with Crippen molar-refractivity contribution in [3.05, 3.63) is 34.4 Å². The highest BCUT2D eigenvalue weighted by Crippen LogP contribution is 2.27. The number of hydrogen-bond acceptors (Lipinski definition) is 4. The summed E-state index contributed by atoms with van der Waals surface area (Å²) in [5.41, 5.74) is 1.24. The van der Waals surface area contributed by atoms with E-state index in [-0.39, 0.29) is 0 Å². The Morgan fingerprint density at radius 1 is 1.18 bits per heavy atom. The average Bonchev–Trinajstić information content (AvgIpc) is 3.00. The number of hydrogen-bond donors (Lipinski definition) is 0. The first-order chi connectivity index (χ1) is 10.7. The van der Waals surface area contributed by atoms with Crippen molar-refractivity contribution >= 4 is 21.7 Å². The van der Waals surface area contributed by atoms with Gasteiger partial charge in [0.15, 0.2) is 5.82 Å². The minimum Gasteiger partial charge on any atom is -0.353 e. The molecular formula is C16H18BrN5. The van der Waals surface area contributed by atoms with Gasteiger partial charge in [-0.25, -0.2) is 0 Å². The van der Waals surface area contributed by atoms with E-state index in [0.29, 0.717) is 17.6 Å². The molecular weight excluding hydrogens is 342 g/mol. The zero-order valence-electron chi connectivity index (χ0n) is 12.5. The molecule has 0 saturated heterocycles. The van der Waals surface area contributed by atoms with Crippen molar-refractivity contribution in [3.8, 4) is 11.8 Å². The van der Waals surface area contributed by atoms with Gasteiger partial charge in [-0.15, -0.1) is 15.0 Å². The summed E-state index contributed by atoms with van der Waals surface area (Å²) >= 11 is 3.42. The van der Waals surface area contributed by atoms with Crippen LogP contribution in [0.4, 0.5) is 5.82 Å². The van der Waals surface area contributed by atoms with Crippen LogP contribution in [0.1, 0.15) is 37.8 Å². The molecule has 0 aliphatic heterocycles. The van der Waals surface area contributed by atoms with E-state index in [0.717, 1.165) is 23.0 Å². The lowest BCUT2D eigenvalue weighted by atomic mass is 9.94. The van der Waals surface area contributed by atoms with Gasteiger partial charge in [0.25, 0.3) is 0 Å². The first-order valence-corrected chi connectivity index (χ1v) is 8.34. The van der Waals surface area contributed by atoms with Gasteiger partial charge in [0.1, 0.15) is 6.07 Å². The lowest BCUT2D eigenvalue weighted by Crippen LogP contribution is -2.34. The molecule has 0 bridgehead atoms. The molecule has 1 aliphatic rings. The first-order valence-electron chi connectivity index (χ1n) is 7.55. The molecule has 0 atom stereocenters. The van der Waals surface area contributed by atoms with Gasteiger partial charge < -0.3 is 4.90 Å². The van der Waals surface area contributed by atoms with Gasteiger partial charge in [0.05, 0.1) is 5.69 Å². The normalized spacial score (nSPS) is 15.5. The van der Waals surface area contributed by atoms with Gasteiger partial charge >= 0.3 is 0 Å². The van der Waals surface area contributed by atoms with E-state index >= 15 is 0 Å². The Bertz CT molecular complexity index is 680. The summed E-state index contributed by atoms with van der Waals surface area (Å²) in [6.45, 7) is 0. The maximum Gasteiger partial charge on any atom is 0.207 e. The van der Waals surface area contributed by atoms with Crippen molar-refractivity contribution < 1.29 is 0 Å². The second-order valence-corrected chi connectivity index (χ2v) is 6.57. The molecule has 114 valence electrons. The highest BCUT2D eigenvalue weighted by atomic mass is 79.9. The van der Waals surface area contributed by atoms with Crippen LogP contribution in [0.2, 0.25) is 0 Å². The van der Waals surface area contributed by atoms with Crippen LogP contribution in [0.25, 0.3) is 5.69 Å². The monoisotopic (exact) mass is 359 g/mol. The minimum atomic E-state index is 0.385. The smallest absolute Gasteiger partial charge is 0.207 e. The molecule has 5 nitrogen and oxygen atoms in total. The molecule has 1 saturated carbocycles. The zero-order valence-corrected chi connectivity index (χ0v) is 14.1. The summed E-state index contributed by atoms with van der Waals surface area (Å²) in [6.07, 6.45) is 6.12. The van der Waals surface area contributed by atoms with Crippen molar-refractivity contribution in [3.63, 3.8) is 0 Å². The fraction of sp³-hybridized carbons (Fsp3) is 0.438. The van der Waals surface area contributed by atoms with Gasteiger partial charge in [0.2, 0.25) is 5.69 Å². The Morgan fingerprint density at radius 2 is 1.86 bits per heavy atom. The van der Waals surface area contributed by atoms with E-state index in [4.69, 9.17) is 0 Å². The van der Waals surface area contributed by atoms with Crippen LogP contribution in [-0.2, 0) is 0 Å². The average molecular weight is 360 g/mol. The van der Waals surface area contributed by atoms with Crippen molar-refractivity contribution in [1.29, 1.82) is 5.26 Å². The van der Waals surface area contributed by atoms with Gasteiger partial charge in [-0.05, 0) is 37.1 Å². The summed E-state index contributed by atoms with van der Waals surface area (Å²) in [7, 11) is 2.02. The van der Waals surface area contributed by atoms with E-state index in [1.165, 1.54) is 19.3 Å².